The molecule has 0 saturated carbocycles. The molecule has 0 bridgehead atoms. The molecule has 0 fully saturated rings. The summed E-state index contributed by atoms with van der Waals surface area (Å²) in [6.07, 6.45) is 0. The highest BCUT2D eigenvalue weighted by molar-refractivity contribution is 6.33. The van der Waals surface area contributed by atoms with E-state index in [2.05, 4.69) is 255 Å². The van der Waals surface area contributed by atoms with Crippen LogP contribution in [0.25, 0.3) is 120 Å². The molecule has 0 radical (unpaired) electrons. The van der Waals surface area contributed by atoms with Crippen molar-refractivity contribution in [3.63, 3.8) is 0 Å². The fraction of sp³-hybridized carbons (Fsp3) is 0. The van der Waals surface area contributed by atoms with Gasteiger partial charge in [-0.25, -0.2) is 0 Å². The Labute approximate surface area is 372 Å². The third-order valence-corrected chi connectivity index (χ3v) is 13.0. The lowest BCUT2D eigenvalue weighted by Gasteiger charge is -2.25. The minimum atomic E-state index is 1.23. The molecule has 13 aromatic carbocycles. The third kappa shape index (κ3) is 6.48. The molecule has 0 aliphatic carbocycles. The Balaban J connectivity index is 0.000000164. The van der Waals surface area contributed by atoms with E-state index in [0.717, 1.165) is 0 Å². The summed E-state index contributed by atoms with van der Waals surface area (Å²) in [6.45, 7) is 0. The Morgan fingerprint density at radius 3 is 0.578 bits per heavy atom. The van der Waals surface area contributed by atoms with Gasteiger partial charge >= 0.3 is 0 Å². The van der Waals surface area contributed by atoms with E-state index in [1.54, 1.807) is 0 Å². The summed E-state index contributed by atoms with van der Waals surface area (Å²) < 4.78 is 0. The monoisotopic (exact) mass is 810 g/mol. The smallest absolute Gasteiger partial charge is 0.000139 e. The van der Waals surface area contributed by atoms with Gasteiger partial charge in [-0.2, -0.15) is 0 Å². The highest BCUT2D eigenvalue weighted by Crippen LogP contribution is 2.53. The molecule has 0 saturated heterocycles. The summed E-state index contributed by atoms with van der Waals surface area (Å²) in [5.41, 5.74) is 10.0. The Morgan fingerprint density at radius 2 is 0.344 bits per heavy atom. The van der Waals surface area contributed by atoms with E-state index in [4.69, 9.17) is 0 Å². The van der Waals surface area contributed by atoms with Crippen LogP contribution in [0, 0.1) is 0 Å². The number of fused-ring (bicyclic) bond motifs is 7. The van der Waals surface area contributed by atoms with Gasteiger partial charge in [0.15, 0.2) is 0 Å². The molecule has 298 valence electrons. The van der Waals surface area contributed by atoms with Crippen molar-refractivity contribution >= 4 is 75.4 Å². The zero-order chi connectivity index (χ0) is 42.4. The quantitative estimate of drug-likeness (QED) is 0.155. The van der Waals surface area contributed by atoms with E-state index >= 15 is 0 Å². The molecular formula is C64H42. The predicted octanol–water partition coefficient (Wildman–Crippen LogP) is 18.1. The molecule has 0 spiro atoms. The molecule has 0 aliphatic heterocycles. The van der Waals surface area contributed by atoms with E-state index in [1.165, 1.54) is 120 Å². The van der Waals surface area contributed by atoms with Crippen molar-refractivity contribution in [3.8, 4) is 44.5 Å². The number of benzene rings is 13. The largest absolute Gasteiger partial charge is 0.0622 e. The van der Waals surface area contributed by atoms with Crippen LogP contribution in [0.15, 0.2) is 255 Å². The van der Waals surface area contributed by atoms with Crippen LogP contribution in [0.3, 0.4) is 0 Å². The van der Waals surface area contributed by atoms with Crippen molar-refractivity contribution in [1.29, 1.82) is 0 Å². The Kier molecular flexibility index (Phi) is 9.28. The fourth-order valence-corrected chi connectivity index (χ4v) is 10.1. The van der Waals surface area contributed by atoms with Crippen LogP contribution in [0.4, 0.5) is 0 Å². The molecule has 0 amide bonds. The second kappa shape index (κ2) is 15.9. The predicted molar refractivity (Wildman–Crippen MR) is 277 cm³/mol. The van der Waals surface area contributed by atoms with Gasteiger partial charge in [-0.3, -0.25) is 0 Å². The zero-order valence-corrected chi connectivity index (χ0v) is 35.2. The summed E-state index contributed by atoms with van der Waals surface area (Å²) in [5, 5.41) is 18.1. The maximum Gasteiger partial charge on any atom is -0.000139 e. The van der Waals surface area contributed by atoms with Crippen LogP contribution in [-0.2, 0) is 0 Å². The normalized spacial score (nSPS) is 11.4. The van der Waals surface area contributed by atoms with E-state index in [1.807, 2.05) is 0 Å². The molecule has 0 heteroatoms. The van der Waals surface area contributed by atoms with E-state index in [9.17, 15) is 0 Å². The van der Waals surface area contributed by atoms with E-state index in [-0.39, 0.29) is 0 Å². The summed E-state index contributed by atoms with van der Waals surface area (Å²) in [4.78, 5) is 0. The molecule has 0 aromatic heterocycles. The van der Waals surface area contributed by atoms with Crippen molar-refractivity contribution in [1.82, 2.24) is 0 Å². The SMILES string of the molecule is c1ccc(-c2c3ccccc3c(-c3ccccc3)c3c(-c4ccccc4)c4ccccc4c(-c4ccccc4)c23)cc1.c1ccc2cc3cc4cc5ccccc5cc4cc3cc2c1. The number of rotatable bonds is 4. The molecule has 0 aliphatic rings. The fourth-order valence-electron chi connectivity index (χ4n) is 10.1. The van der Waals surface area contributed by atoms with Crippen molar-refractivity contribution < 1.29 is 0 Å². The van der Waals surface area contributed by atoms with Gasteiger partial charge in [-0.05, 0) is 156 Å². The highest BCUT2D eigenvalue weighted by atomic mass is 14.3. The van der Waals surface area contributed by atoms with Crippen molar-refractivity contribution in [2.24, 2.45) is 0 Å². The Bertz CT molecular complexity index is 3350. The van der Waals surface area contributed by atoms with Gasteiger partial charge in [0.2, 0.25) is 0 Å². The highest BCUT2D eigenvalue weighted by Gasteiger charge is 2.25. The topological polar surface area (TPSA) is 0 Å². The van der Waals surface area contributed by atoms with Gasteiger partial charge in [-0.15, -0.1) is 0 Å². The lowest BCUT2D eigenvalue weighted by molar-refractivity contribution is 1.63. The average Bonchev–Trinajstić information content (AvgIpc) is 3.36. The standard InChI is InChI=1S/C42H28.C22H14/c1-5-17-29(18-6-1)37-33-25-13-14-26-34(33)39(31-21-9-3-10-22-31)42-40(32-23-11-4-12-24-32)36-28-16-15-27-35(36)38(41(37)42)30-19-7-2-8-20-30;1-2-6-16-10-20-14-22-12-18-8-4-3-7-17(18)11-21(22)13-19(20)9-15(16)5-1/h1-28H;1-14H. The minimum absolute atomic E-state index is 1.23. The van der Waals surface area contributed by atoms with Gasteiger partial charge in [0.05, 0.1) is 0 Å². The van der Waals surface area contributed by atoms with Crippen molar-refractivity contribution in [2.45, 2.75) is 0 Å². The Hall–Kier alpha value is -8.32. The van der Waals surface area contributed by atoms with Gasteiger partial charge in [0.1, 0.15) is 0 Å². The van der Waals surface area contributed by atoms with Crippen LogP contribution >= 0.6 is 0 Å². The van der Waals surface area contributed by atoms with Crippen LogP contribution in [-0.4, -0.2) is 0 Å². The third-order valence-electron chi connectivity index (χ3n) is 13.0. The lowest BCUT2D eigenvalue weighted by Crippen LogP contribution is -1.97. The summed E-state index contributed by atoms with van der Waals surface area (Å²) in [6, 6.07) is 92.6. The second-order valence-corrected chi connectivity index (χ2v) is 16.8. The van der Waals surface area contributed by atoms with E-state index in [0.29, 0.717) is 0 Å². The second-order valence-electron chi connectivity index (χ2n) is 16.8. The first-order valence-electron chi connectivity index (χ1n) is 22.2. The maximum absolute atomic E-state index is 2.31. The first kappa shape index (κ1) is 37.4. The van der Waals surface area contributed by atoms with E-state index < -0.39 is 0 Å². The van der Waals surface area contributed by atoms with Crippen LogP contribution in [0.2, 0.25) is 0 Å². The van der Waals surface area contributed by atoms with Crippen LogP contribution < -0.4 is 0 Å². The molecule has 0 unspecified atom stereocenters. The van der Waals surface area contributed by atoms with Gasteiger partial charge < -0.3 is 0 Å². The summed E-state index contributed by atoms with van der Waals surface area (Å²) in [5.74, 6) is 0. The minimum Gasteiger partial charge on any atom is -0.0622 e. The molecule has 0 heterocycles. The maximum atomic E-state index is 2.31. The van der Waals surface area contributed by atoms with Crippen molar-refractivity contribution in [3.05, 3.63) is 255 Å². The van der Waals surface area contributed by atoms with Crippen LogP contribution in [0.5, 0.6) is 0 Å². The Morgan fingerprint density at radius 1 is 0.156 bits per heavy atom. The lowest BCUT2D eigenvalue weighted by atomic mass is 9.77. The molecule has 0 nitrogen and oxygen atoms in total. The number of hydrogen-bond acceptors (Lipinski definition) is 0. The van der Waals surface area contributed by atoms with Gasteiger partial charge in [0.25, 0.3) is 0 Å². The number of hydrogen-bond donors (Lipinski definition) is 0. The zero-order valence-electron chi connectivity index (χ0n) is 35.2. The first-order valence-corrected chi connectivity index (χ1v) is 22.2. The molecular weight excluding hydrogens is 769 g/mol. The van der Waals surface area contributed by atoms with Crippen LogP contribution in [0.1, 0.15) is 0 Å². The molecule has 64 heavy (non-hydrogen) atoms. The van der Waals surface area contributed by atoms with Gasteiger partial charge in [-0.1, -0.05) is 218 Å². The summed E-state index contributed by atoms with van der Waals surface area (Å²) in [7, 11) is 0. The van der Waals surface area contributed by atoms with Gasteiger partial charge in [0, 0.05) is 0 Å². The first-order chi connectivity index (χ1) is 31.8. The molecule has 0 N–H and O–H groups in total. The summed E-state index contributed by atoms with van der Waals surface area (Å²) >= 11 is 0. The molecule has 0 atom stereocenters. The molecule has 13 rings (SSSR count). The molecule has 13 aromatic rings. The van der Waals surface area contributed by atoms with Crippen molar-refractivity contribution in [2.75, 3.05) is 0 Å². The average molecular weight is 811 g/mol.